The number of thiocarbonyl (C=S) groups is 1. The third-order valence-electron chi connectivity index (χ3n) is 4.64. The number of halogens is 2. The highest BCUT2D eigenvalue weighted by Gasteiger charge is 2.16. The van der Waals surface area contributed by atoms with E-state index >= 15 is 0 Å². The van der Waals surface area contributed by atoms with Crippen molar-refractivity contribution >= 4 is 40.3 Å². The van der Waals surface area contributed by atoms with Crippen molar-refractivity contribution in [3.8, 4) is 11.5 Å². The van der Waals surface area contributed by atoms with Crippen molar-refractivity contribution in [1.82, 2.24) is 9.78 Å². The van der Waals surface area contributed by atoms with E-state index in [-0.39, 0.29) is 12.4 Å². The van der Waals surface area contributed by atoms with Gasteiger partial charge in [0.1, 0.15) is 17.3 Å². The van der Waals surface area contributed by atoms with E-state index in [1.54, 1.807) is 49.2 Å². The number of aryl methyl sites for hydroxylation is 1. The zero-order valence-corrected chi connectivity index (χ0v) is 18.6. The molecule has 3 aromatic rings. The first-order chi connectivity index (χ1) is 14.3. The Morgan fingerprint density at radius 3 is 2.60 bits per heavy atom. The summed E-state index contributed by atoms with van der Waals surface area (Å²) in [6.07, 6.45) is 0. The molecule has 0 radical (unpaired) electrons. The van der Waals surface area contributed by atoms with Crippen molar-refractivity contribution in [1.29, 1.82) is 0 Å². The molecule has 0 saturated heterocycles. The zero-order chi connectivity index (χ0) is 21.8. The fourth-order valence-corrected chi connectivity index (χ4v) is 3.48. The van der Waals surface area contributed by atoms with Gasteiger partial charge < -0.3 is 20.1 Å². The second-order valence-electron chi connectivity index (χ2n) is 6.55. The molecule has 0 aliphatic heterocycles. The predicted octanol–water partition coefficient (Wildman–Crippen LogP) is 5.17. The van der Waals surface area contributed by atoms with Crippen molar-refractivity contribution < 1.29 is 13.9 Å². The van der Waals surface area contributed by atoms with Crippen molar-refractivity contribution in [2.24, 2.45) is 0 Å². The second-order valence-corrected chi connectivity index (χ2v) is 7.36. The number of hydrogen-bond donors (Lipinski definition) is 2. The van der Waals surface area contributed by atoms with Crippen molar-refractivity contribution in [3.05, 3.63) is 64.2 Å². The van der Waals surface area contributed by atoms with Crippen LogP contribution in [0, 0.1) is 19.7 Å². The first-order valence-corrected chi connectivity index (χ1v) is 9.89. The van der Waals surface area contributed by atoms with Crippen LogP contribution in [-0.2, 0) is 6.54 Å². The molecule has 0 atom stereocenters. The average molecular weight is 449 g/mol. The number of aromatic nitrogens is 2. The number of nitrogens with one attached hydrogen (secondary N) is 2. The maximum absolute atomic E-state index is 14.2. The summed E-state index contributed by atoms with van der Waals surface area (Å²) in [5, 5.41) is 11.5. The highest BCUT2D eigenvalue weighted by Crippen LogP contribution is 2.30. The van der Waals surface area contributed by atoms with Gasteiger partial charge in [-0.3, -0.25) is 4.68 Å². The van der Waals surface area contributed by atoms with Gasteiger partial charge in [-0.15, -0.1) is 0 Å². The summed E-state index contributed by atoms with van der Waals surface area (Å²) in [6.45, 7) is 3.94. The third kappa shape index (κ3) is 4.66. The molecule has 1 aromatic heterocycles. The summed E-state index contributed by atoms with van der Waals surface area (Å²) < 4.78 is 26.5. The summed E-state index contributed by atoms with van der Waals surface area (Å²) in [6, 6.07) is 9.99. The summed E-state index contributed by atoms with van der Waals surface area (Å²) in [5.74, 6) is 0.924. The Bertz CT molecular complexity index is 1070. The summed E-state index contributed by atoms with van der Waals surface area (Å²) in [5.41, 5.74) is 3.31. The maximum atomic E-state index is 14.2. The lowest BCUT2D eigenvalue weighted by molar-refractivity contribution is 0.405. The lowest BCUT2D eigenvalue weighted by Gasteiger charge is -2.15. The molecule has 2 N–H and O–H groups in total. The molecule has 2 aromatic carbocycles. The van der Waals surface area contributed by atoms with Gasteiger partial charge >= 0.3 is 0 Å². The van der Waals surface area contributed by atoms with E-state index in [9.17, 15) is 4.39 Å². The van der Waals surface area contributed by atoms with Crippen LogP contribution < -0.4 is 20.1 Å². The molecule has 0 amide bonds. The van der Waals surface area contributed by atoms with Crippen LogP contribution in [0.1, 0.15) is 17.0 Å². The van der Waals surface area contributed by atoms with Crippen molar-refractivity contribution in [3.63, 3.8) is 0 Å². The van der Waals surface area contributed by atoms with Gasteiger partial charge in [-0.25, -0.2) is 4.39 Å². The number of hydrogen-bond acceptors (Lipinski definition) is 4. The minimum Gasteiger partial charge on any atom is -0.497 e. The molecule has 30 heavy (non-hydrogen) atoms. The van der Waals surface area contributed by atoms with E-state index in [4.69, 9.17) is 33.3 Å². The van der Waals surface area contributed by atoms with E-state index in [1.807, 2.05) is 13.8 Å². The van der Waals surface area contributed by atoms with Gasteiger partial charge in [0.05, 0.1) is 43.5 Å². The van der Waals surface area contributed by atoms with Crippen LogP contribution in [0.25, 0.3) is 0 Å². The number of ether oxygens (including phenoxy) is 2. The first-order valence-electron chi connectivity index (χ1n) is 9.11. The van der Waals surface area contributed by atoms with E-state index in [0.29, 0.717) is 32.9 Å². The van der Waals surface area contributed by atoms with Gasteiger partial charge in [-0.1, -0.05) is 17.7 Å². The molecule has 0 spiro atoms. The normalized spacial score (nSPS) is 10.6. The Kier molecular flexibility index (Phi) is 6.79. The molecule has 0 unspecified atom stereocenters. The quantitative estimate of drug-likeness (QED) is 0.507. The van der Waals surface area contributed by atoms with Gasteiger partial charge in [0.15, 0.2) is 5.11 Å². The number of anilines is 2. The Morgan fingerprint density at radius 1 is 1.17 bits per heavy atom. The predicted molar refractivity (Wildman–Crippen MR) is 122 cm³/mol. The summed E-state index contributed by atoms with van der Waals surface area (Å²) in [7, 11) is 3.17. The molecule has 0 saturated carbocycles. The van der Waals surface area contributed by atoms with Gasteiger partial charge in [0.25, 0.3) is 0 Å². The summed E-state index contributed by atoms with van der Waals surface area (Å²) in [4.78, 5) is 0. The zero-order valence-electron chi connectivity index (χ0n) is 17.0. The number of methoxy groups -OCH3 is 2. The molecule has 158 valence electrons. The maximum Gasteiger partial charge on any atom is 0.175 e. The molecule has 3 rings (SSSR count). The van der Waals surface area contributed by atoms with E-state index in [2.05, 4.69) is 15.7 Å². The van der Waals surface area contributed by atoms with Crippen LogP contribution in [0.2, 0.25) is 5.02 Å². The van der Waals surface area contributed by atoms with Crippen LogP contribution in [0.3, 0.4) is 0 Å². The van der Waals surface area contributed by atoms with Crippen LogP contribution in [0.5, 0.6) is 11.5 Å². The molecule has 6 nitrogen and oxygen atoms in total. The fourth-order valence-electron chi connectivity index (χ4n) is 3.04. The standard InChI is InChI=1S/C21H22ClFN4O2S/c1-12-20(13(2)27(26-12)11-15-16(22)6-5-7-17(15)23)25-21(30)24-18-10-14(28-3)8-9-19(18)29-4/h5-10H,11H2,1-4H3,(H2,24,25,30). The Morgan fingerprint density at radius 2 is 1.93 bits per heavy atom. The summed E-state index contributed by atoms with van der Waals surface area (Å²) >= 11 is 11.6. The monoisotopic (exact) mass is 448 g/mol. The molecule has 0 aliphatic carbocycles. The van der Waals surface area contributed by atoms with Gasteiger partial charge in [0, 0.05) is 16.7 Å². The second kappa shape index (κ2) is 9.32. The number of benzene rings is 2. The molecule has 1 heterocycles. The first kappa shape index (κ1) is 21.9. The van der Waals surface area contributed by atoms with Crippen molar-refractivity contribution in [2.45, 2.75) is 20.4 Å². The Hall–Kier alpha value is -2.84. The van der Waals surface area contributed by atoms with Gasteiger partial charge in [0.2, 0.25) is 0 Å². The highest BCUT2D eigenvalue weighted by atomic mass is 35.5. The number of rotatable bonds is 6. The topological polar surface area (TPSA) is 60.3 Å². The molecule has 9 heteroatoms. The molecule has 0 fully saturated rings. The van der Waals surface area contributed by atoms with E-state index in [1.165, 1.54) is 6.07 Å². The van der Waals surface area contributed by atoms with Crippen LogP contribution in [0.4, 0.5) is 15.8 Å². The SMILES string of the molecule is COc1ccc(OC)c(NC(=S)Nc2c(C)nn(Cc3c(F)cccc3Cl)c2C)c1. The van der Waals surface area contributed by atoms with E-state index in [0.717, 1.165) is 17.1 Å². The van der Waals surface area contributed by atoms with Crippen molar-refractivity contribution in [2.75, 3.05) is 24.9 Å². The van der Waals surface area contributed by atoms with Gasteiger partial charge in [-0.05, 0) is 50.3 Å². The molecular formula is C21H22ClFN4O2S. The van der Waals surface area contributed by atoms with E-state index < -0.39 is 0 Å². The lowest BCUT2D eigenvalue weighted by Crippen LogP contribution is -2.20. The highest BCUT2D eigenvalue weighted by molar-refractivity contribution is 7.80. The van der Waals surface area contributed by atoms with Crippen LogP contribution in [0.15, 0.2) is 36.4 Å². The Balaban J connectivity index is 1.80. The molecule has 0 bridgehead atoms. The fraction of sp³-hybridized carbons (Fsp3) is 0.238. The number of nitrogens with zero attached hydrogens (tertiary/aromatic N) is 2. The van der Waals surface area contributed by atoms with Gasteiger partial charge in [-0.2, -0.15) is 5.10 Å². The average Bonchev–Trinajstić information content (AvgIpc) is 2.98. The minimum absolute atomic E-state index is 0.212. The minimum atomic E-state index is -0.369. The largest absolute Gasteiger partial charge is 0.497 e. The Labute approximate surface area is 184 Å². The van der Waals surface area contributed by atoms with Crippen LogP contribution in [-0.4, -0.2) is 29.1 Å². The smallest absolute Gasteiger partial charge is 0.175 e. The molecule has 0 aliphatic rings. The lowest BCUT2D eigenvalue weighted by atomic mass is 10.2. The van der Waals surface area contributed by atoms with Crippen LogP contribution >= 0.6 is 23.8 Å². The third-order valence-corrected chi connectivity index (χ3v) is 5.20. The molecular weight excluding hydrogens is 427 g/mol.